The van der Waals surface area contributed by atoms with Crippen molar-refractivity contribution in [2.24, 2.45) is 0 Å². The van der Waals surface area contributed by atoms with E-state index in [2.05, 4.69) is 66.1 Å². The molecule has 2 aliphatic rings. The van der Waals surface area contributed by atoms with Gasteiger partial charge in [0.25, 0.3) is 0 Å². The van der Waals surface area contributed by atoms with E-state index in [4.69, 9.17) is 9.97 Å². The highest BCUT2D eigenvalue weighted by molar-refractivity contribution is 5.74. The van der Waals surface area contributed by atoms with Crippen LogP contribution in [0.15, 0.2) is 24.3 Å². The molecular weight excluding hydrogens is 400 g/mol. The third-order valence-corrected chi connectivity index (χ3v) is 6.55. The van der Waals surface area contributed by atoms with E-state index in [0.29, 0.717) is 12.6 Å². The van der Waals surface area contributed by atoms with Gasteiger partial charge in [0.2, 0.25) is 5.95 Å². The standard InChI is InChI=1S/C25H36N6O/c1-17-8-10-18(11-9-17)16-26-25(32)28-20-14-12-19(13-15-20)27-24-29-22-7-5-4-6-21(22)23(30-24)31(2)3/h8-11,19-20H,4-7,12-16H2,1-3H3,(H2,26,28,32)(H,27,29,30)/t19-,20+. The summed E-state index contributed by atoms with van der Waals surface area (Å²) in [6.07, 6.45) is 8.47. The summed E-state index contributed by atoms with van der Waals surface area (Å²) in [5, 5.41) is 9.68. The fourth-order valence-corrected chi connectivity index (χ4v) is 4.70. The molecule has 0 saturated heterocycles. The molecule has 1 aromatic carbocycles. The van der Waals surface area contributed by atoms with E-state index in [0.717, 1.165) is 55.9 Å². The van der Waals surface area contributed by atoms with E-state index < -0.39 is 0 Å². The zero-order valence-corrected chi connectivity index (χ0v) is 19.6. The van der Waals surface area contributed by atoms with Crippen LogP contribution in [0.2, 0.25) is 0 Å². The molecule has 0 spiro atoms. The maximum Gasteiger partial charge on any atom is 0.315 e. The number of nitrogens with zero attached hydrogens (tertiary/aromatic N) is 3. The summed E-state index contributed by atoms with van der Waals surface area (Å²) >= 11 is 0. The lowest BCUT2D eigenvalue weighted by Gasteiger charge is -2.30. The quantitative estimate of drug-likeness (QED) is 0.639. The van der Waals surface area contributed by atoms with Gasteiger partial charge in [-0.3, -0.25) is 0 Å². The van der Waals surface area contributed by atoms with Crippen molar-refractivity contribution in [1.29, 1.82) is 0 Å². The minimum Gasteiger partial charge on any atom is -0.362 e. The van der Waals surface area contributed by atoms with Crippen molar-refractivity contribution < 1.29 is 4.79 Å². The highest BCUT2D eigenvalue weighted by atomic mass is 16.2. The molecule has 0 unspecified atom stereocenters. The average molecular weight is 437 g/mol. The van der Waals surface area contributed by atoms with Gasteiger partial charge in [0.1, 0.15) is 5.82 Å². The molecule has 2 aliphatic carbocycles. The monoisotopic (exact) mass is 436 g/mol. The third-order valence-electron chi connectivity index (χ3n) is 6.55. The lowest BCUT2D eigenvalue weighted by molar-refractivity contribution is 0.231. The van der Waals surface area contributed by atoms with E-state index in [1.807, 2.05) is 0 Å². The van der Waals surface area contributed by atoms with Crippen LogP contribution in [0.4, 0.5) is 16.6 Å². The second-order valence-electron chi connectivity index (χ2n) is 9.40. The largest absolute Gasteiger partial charge is 0.362 e. The van der Waals surface area contributed by atoms with Crippen LogP contribution in [0.5, 0.6) is 0 Å². The lowest BCUT2D eigenvalue weighted by Crippen LogP contribution is -2.44. The van der Waals surface area contributed by atoms with Crippen molar-refractivity contribution in [3.05, 3.63) is 46.6 Å². The fourth-order valence-electron chi connectivity index (χ4n) is 4.70. The molecule has 0 bridgehead atoms. The Labute approximate surface area is 191 Å². The Hall–Kier alpha value is -2.83. The number of urea groups is 1. The first-order chi connectivity index (χ1) is 15.5. The maximum atomic E-state index is 12.3. The molecule has 0 atom stereocenters. The Balaban J connectivity index is 1.25. The molecule has 1 saturated carbocycles. The van der Waals surface area contributed by atoms with Gasteiger partial charge in [-0.2, -0.15) is 4.98 Å². The van der Waals surface area contributed by atoms with Gasteiger partial charge >= 0.3 is 6.03 Å². The molecule has 7 nitrogen and oxygen atoms in total. The van der Waals surface area contributed by atoms with E-state index in [1.54, 1.807) is 0 Å². The van der Waals surface area contributed by atoms with Gasteiger partial charge in [-0.05, 0) is 63.9 Å². The summed E-state index contributed by atoms with van der Waals surface area (Å²) in [6, 6.07) is 8.71. The van der Waals surface area contributed by atoms with E-state index >= 15 is 0 Å². The van der Waals surface area contributed by atoms with Gasteiger partial charge in [0, 0.05) is 38.3 Å². The van der Waals surface area contributed by atoms with Gasteiger partial charge in [-0.25, -0.2) is 9.78 Å². The zero-order chi connectivity index (χ0) is 22.5. The summed E-state index contributed by atoms with van der Waals surface area (Å²) in [6.45, 7) is 2.61. The van der Waals surface area contributed by atoms with Crippen molar-refractivity contribution in [3.8, 4) is 0 Å². The molecule has 7 heteroatoms. The van der Waals surface area contributed by atoms with E-state index in [-0.39, 0.29) is 12.1 Å². The molecule has 4 rings (SSSR count). The number of nitrogens with one attached hydrogen (secondary N) is 3. The number of carbonyl (C=O) groups excluding carboxylic acids is 1. The van der Waals surface area contributed by atoms with Gasteiger partial charge < -0.3 is 20.9 Å². The Bertz CT molecular complexity index is 919. The molecule has 0 aliphatic heterocycles. The smallest absolute Gasteiger partial charge is 0.315 e. The summed E-state index contributed by atoms with van der Waals surface area (Å²) in [7, 11) is 4.11. The van der Waals surface area contributed by atoms with E-state index in [9.17, 15) is 4.79 Å². The van der Waals surface area contributed by atoms with Gasteiger partial charge in [0.15, 0.2) is 0 Å². The number of rotatable bonds is 6. The number of hydrogen-bond donors (Lipinski definition) is 3. The van der Waals surface area contributed by atoms with E-state index in [1.165, 1.54) is 29.7 Å². The van der Waals surface area contributed by atoms with Crippen LogP contribution in [0.25, 0.3) is 0 Å². The number of aromatic nitrogens is 2. The van der Waals surface area contributed by atoms with Crippen LogP contribution in [0.3, 0.4) is 0 Å². The van der Waals surface area contributed by atoms with Crippen LogP contribution >= 0.6 is 0 Å². The number of fused-ring (bicyclic) bond motifs is 1. The van der Waals surface area contributed by atoms with Crippen LogP contribution < -0.4 is 20.9 Å². The Morgan fingerprint density at radius 3 is 2.41 bits per heavy atom. The summed E-state index contributed by atoms with van der Waals surface area (Å²) in [5.74, 6) is 1.81. The third kappa shape index (κ3) is 5.69. The molecular formula is C25H36N6O. The zero-order valence-electron chi connectivity index (χ0n) is 19.6. The van der Waals surface area contributed by atoms with Crippen LogP contribution in [-0.4, -0.2) is 42.2 Å². The van der Waals surface area contributed by atoms with Crippen molar-refractivity contribution in [3.63, 3.8) is 0 Å². The lowest BCUT2D eigenvalue weighted by atomic mass is 9.91. The SMILES string of the molecule is Cc1ccc(CNC(=O)N[C@H]2CC[C@@H](Nc3nc4c(c(N(C)C)n3)CCCC4)CC2)cc1. The number of aryl methyl sites for hydroxylation is 2. The predicted octanol–water partition coefficient (Wildman–Crippen LogP) is 3.95. The molecule has 0 radical (unpaired) electrons. The molecule has 2 amide bonds. The minimum atomic E-state index is -0.0874. The van der Waals surface area contributed by atoms with Crippen molar-refractivity contribution in [1.82, 2.24) is 20.6 Å². The number of carbonyl (C=O) groups is 1. The molecule has 32 heavy (non-hydrogen) atoms. The minimum absolute atomic E-state index is 0.0874. The second-order valence-corrected chi connectivity index (χ2v) is 9.40. The fraction of sp³-hybridized carbons (Fsp3) is 0.560. The van der Waals surface area contributed by atoms with Crippen molar-refractivity contribution in [2.75, 3.05) is 24.3 Å². The van der Waals surface area contributed by atoms with Crippen molar-refractivity contribution >= 4 is 17.8 Å². The first kappa shape index (κ1) is 22.4. The van der Waals surface area contributed by atoms with Crippen LogP contribution in [0, 0.1) is 6.92 Å². The number of benzene rings is 1. The highest BCUT2D eigenvalue weighted by Gasteiger charge is 2.24. The second kappa shape index (κ2) is 10.2. The Morgan fingerprint density at radius 1 is 1.00 bits per heavy atom. The van der Waals surface area contributed by atoms with Crippen LogP contribution in [-0.2, 0) is 19.4 Å². The molecule has 172 valence electrons. The molecule has 3 N–H and O–H groups in total. The first-order valence-corrected chi connectivity index (χ1v) is 11.9. The van der Waals surface area contributed by atoms with Crippen molar-refractivity contribution in [2.45, 2.75) is 76.9 Å². The number of anilines is 2. The van der Waals surface area contributed by atoms with Gasteiger partial charge in [-0.15, -0.1) is 0 Å². The van der Waals surface area contributed by atoms with Gasteiger partial charge in [0.05, 0.1) is 5.69 Å². The molecule has 2 aromatic rings. The first-order valence-electron chi connectivity index (χ1n) is 11.9. The van der Waals surface area contributed by atoms with Gasteiger partial charge in [-0.1, -0.05) is 29.8 Å². The summed E-state index contributed by atoms with van der Waals surface area (Å²) in [4.78, 5) is 24.1. The molecule has 1 aromatic heterocycles. The Kier molecular flexibility index (Phi) is 7.12. The average Bonchev–Trinajstić information content (AvgIpc) is 2.79. The van der Waals surface area contributed by atoms with Crippen LogP contribution in [0.1, 0.15) is 60.9 Å². The summed E-state index contributed by atoms with van der Waals surface area (Å²) in [5.41, 5.74) is 4.86. The summed E-state index contributed by atoms with van der Waals surface area (Å²) < 4.78 is 0. The Morgan fingerprint density at radius 2 is 1.69 bits per heavy atom. The number of amides is 2. The topological polar surface area (TPSA) is 82.2 Å². The highest BCUT2D eigenvalue weighted by Crippen LogP contribution is 2.29. The predicted molar refractivity (Wildman–Crippen MR) is 129 cm³/mol. The molecule has 1 heterocycles. The molecule has 1 fully saturated rings. The normalized spacial score (nSPS) is 20.2. The maximum absolute atomic E-state index is 12.3. The number of hydrogen-bond acceptors (Lipinski definition) is 5.